The zero-order chi connectivity index (χ0) is 26.8. The van der Waals surface area contributed by atoms with Gasteiger partial charge in [0.2, 0.25) is 0 Å². The van der Waals surface area contributed by atoms with Gasteiger partial charge in [0.05, 0.1) is 37.8 Å². The maximum atomic E-state index is 13.5. The summed E-state index contributed by atoms with van der Waals surface area (Å²) in [5.74, 6) is 0.825. The highest BCUT2D eigenvalue weighted by molar-refractivity contribution is 5.96. The van der Waals surface area contributed by atoms with Crippen LogP contribution in [0, 0.1) is 12.3 Å². The second-order valence-electron chi connectivity index (χ2n) is 9.39. The van der Waals surface area contributed by atoms with Crippen molar-refractivity contribution in [3.63, 3.8) is 0 Å². The number of nitrogens with zero attached hydrogens (tertiary/aromatic N) is 3. The summed E-state index contributed by atoms with van der Waals surface area (Å²) in [6.07, 6.45) is 3.90. The summed E-state index contributed by atoms with van der Waals surface area (Å²) in [6.45, 7) is 3.23. The van der Waals surface area contributed by atoms with E-state index in [0.29, 0.717) is 48.9 Å². The lowest BCUT2D eigenvalue weighted by Crippen LogP contribution is -2.37. The van der Waals surface area contributed by atoms with E-state index in [1.807, 2.05) is 31.2 Å². The largest absolute Gasteiger partial charge is 0.493 e. The lowest BCUT2D eigenvalue weighted by Gasteiger charge is -2.18. The molecule has 3 aromatic heterocycles. The molecule has 1 aliphatic heterocycles. The predicted octanol–water partition coefficient (Wildman–Crippen LogP) is 2.61. The fourth-order valence-corrected chi connectivity index (χ4v) is 4.89. The summed E-state index contributed by atoms with van der Waals surface area (Å²) >= 11 is 0. The molecule has 1 aliphatic rings. The number of hydrogen-bond acceptors (Lipinski definition) is 7. The van der Waals surface area contributed by atoms with Gasteiger partial charge in [-0.3, -0.25) is 19.4 Å². The molecule has 10 nitrogen and oxygen atoms in total. The van der Waals surface area contributed by atoms with Crippen LogP contribution < -0.4 is 25.8 Å². The van der Waals surface area contributed by atoms with E-state index in [1.54, 1.807) is 31.0 Å². The average molecular weight is 518 g/mol. The first-order valence-electron chi connectivity index (χ1n) is 12.6. The van der Waals surface area contributed by atoms with Crippen molar-refractivity contribution >= 4 is 22.6 Å². The Balaban J connectivity index is 1.50. The zero-order valence-corrected chi connectivity index (χ0v) is 21.7. The Hall–Kier alpha value is -4.18. The number of carbonyl (C=O) groups is 1. The first kappa shape index (κ1) is 25.5. The smallest absolute Gasteiger partial charge is 0.267 e. The van der Waals surface area contributed by atoms with E-state index in [2.05, 4.69) is 5.32 Å². The molecule has 0 radical (unpaired) electrons. The van der Waals surface area contributed by atoms with Crippen molar-refractivity contribution in [3.05, 3.63) is 75.1 Å². The van der Waals surface area contributed by atoms with Crippen LogP contribution in [-0.2, 0) is 17.7 Å². The van der Waals surface area contributed by atoms with E-state index in [9.17, 15) is 9.59 Å². The Morgan fingerprint density at radius 2 is 2.00 bits per heavy atom. The van der Waals surface area contributed by atoms with Gasteiger partial charge in [-0.2, -0.15) is 0 Å². The molecule has 1 aromatic carbocycles. The van der Waals surface area contributed by atoms with Gasteiger partial charge in [-0.05, 0) is 61.6 Å². The predicted molar refractivity (Wildman–Crippen MR) is 142 cm³/mol. The summed E-state index contributed by atoms with van der Waals surface area (Å²) in [7, 11) is 3.16. The number of amides is 1. The minimum absolute atomic E-state index is 0.00134. The normalized spacial score (nSPS) is 15.2. The number of ether oxygens (including phenoxy) is 3. The van der Waals surface area contributed by atoms with Crippen molar-refractivity contribution in [2.45, 2.75) is 38.8 Å². The molecule has 5 rings (SSSR count). The Kier molecular flexibility index (Phi) is 7.15. The molecule has 198 valence electrons. The van der Waals surface area contributed by atoms with E-state index in [4.69, 9.17) is 24.6 Å². The number of carbonyl (C=O) groups excluding carboxylic acids is 1. The lowest BCUT2D eigenvalue weighted by atomic mass is 10.1. The van der Waals surface area contributed by atoms with Gasteiger partial charge in [-0.15, -0.1) is 0 Å². The fraction of sp³-hybridized carbons (Fsp3) is 0.357. The quantitative estimate of drug-likeness (QED) is 0.347. The number of hydrogen-bond donors (Lipinski definition) is 2. The monoisotopic (exact) mass is 517 g/mol. The van der Waals surface area contributed by atoms with Crippen LogP contribution in [0.4, 0.5) is 0 Å². The van der Waals surface area contributed by atoms with Crippen molar-refractivity contribution < 1.29 is 19.0 Å². The molecule has 4 heterocycles. The number of aryl methyl sites for hydroxylation is 1. The van der Waals surface area contributed by atoms with Gasteiger partial charge in [-0.1, -0.05) is 12.1 Å². The third-order valence-electron chi connectivity index (χ3n) is 6.94. The highest BCUT2D eigenvalue weighted by atomic mass is 16.5. The maximum absolute atomic E-state index is 13.5. The molecule has 0 bridgehead atoms. The minimum Gasteiger partial charge on any atom is -0.493 e. The van der Waals surface area contributed by atoms with Crippen molar-refractivity contribution in [3.8, 4) is 11.5 Å². The molecule has 0 unspecified atom stereocenters. The summed E-state index contributed by atoms with van der Waals surface area (Å²) in [5.41, 5.74) is 2.55. The van der Waals surface area contributed by atoms with Gasteiger partial charge in [0, 0.05) is 19.3 Å². The molecule has 38 heavy (non-hydrogen) atoms. The second kappa shape index (κ2) is 10.7. The molecule has 1 fully saturated rings. The summed E-state index contributed by atoms with van der Waals surface area (Å²) < 4.78 is 19.6. The van der Waals surface area contributed by atoms with Gasteiger partial charge >= 0.3 is 0 Å². The van der Waals surface area contributed by atoms with Crippen LogP contribution in [0.15, 0.2) is 47.4 Å². The van der Waals surface area contributed by atoms with Gasteiger partial charge in [-0.25, -0.2) is 4.98 Å². The third kappa shape index (κ3) is 4.74. The SMILES string of the molecule is COc1ccc(CCNC(=O)c2cc3c(=O)n4cccc(C)c4nc3n(C[C@H]3CCCO3)c2=N)cc1OC. The molecular formula is C28H31N5O5. The first-order valence-corrected chi connectivity index (χ1v) is 12.6. The summed E-state index contributed by atoms with van der Waals surface area (Å²) in [4.78, 5) is 31.6. The van der Waals surface area contributed by atoms with Crippen LogP contribution in [0.25, 0.3) is 16.7 Å². The summed E-state index contributed by atoms with van der Waals surface area (Å²) in [5, 5.41) is 12.1. The highest BCUT2D eigenvalue weighted by Gasteiger charge is 2.22. The van der Waals surface area contributed by atoms with Crippen molar-refractivity contribution in [2.24, 2.45) is 0 Å². The number of fused-ring (bicyclic) bond motifs is 2. The first-order chi connectivity index (χ1) is 18.4. The average Bonchev–Trinajstić information content (AvgIpc) is 3.44. The summed E-state index contributed by atoms with van der Waals surface area (Å²) in [6, 6.07) is 10.8. The van der Waals surface area contributed by atoms with E-state index >= 15 is 0 Å². The molecule has 10 heteroatoms. The molecule has 1 atom stereocenters. The lowest BCUT2D eigenvalue weighted by molar-refractivity contribution is 0.0933. The standard InChI is InChI=1S/C28H31N5O5/c1-17-6-4-12-32-25(17)31-26-21(28(32)35)15-20(24(29)33(26)16-19-7-5-13-38-19)27(34)30-11-10-18-8-9-22(36-2)23(14-18)37-3/h4,6,8-9,12,14-15,19,29H,5,7,10-11,13,16H2,1-3H3,(H,30,34)/t19-/m1/s1. The number of nitrogens with one attached hydrogen (secondary N) is 2. The number of rotatable bonds is 8. The Morgan fingerprint density at radius 1 is 1.18 bits per heavy atom. The molecule has 2 N–H and O–H groups in total. The number of pyridine rings is 2. The van der Waals surface area contributed by atoms with Crippen LogP contribution in [-0.4, -0.2) is 53.3 Å². The fourth-order valence-electron chi connectivity index (χ4n) is 4.89. The maximum Gasteiger partial charge on any atom is 0.267 e. The molecular weight excluding hydrogens is 486 g/mol. The van der Waals surface area contributed by atoms with Crippen molar-refractivity contribution in [2.75, 3.05) is 27.4 Å². The van der Waals surface area contributed by atoms with Crippen LogP contribution >= 0.6 is 0 Å². The van der Waals surface area contributed by atoms with E-state index in [1.165, 1.54) is 10.5 Å². The van der Waals surface area contributed by atoms with Crippen LogP contribution in [0.3, 0.4) is 0 Å². The van der Waals surface area contributed by atoms with Gasteiger partial charge < -0.3 is 24.1 Å². The number of benzene rings is 1. The Labute approximate surface area is 219 Å². The van der Waals surface area contributed by atoms with Crippen molar-refractivity contribution in [1.82, 2.24) is 19.3 Å². The molecule has 0 aliphatic carbocycles. The molecule has 4 aromatic rings. The van der Waals surface area contributed by atoms with E-state index in [0.717, 1.165) is 24.0 Å². The molecule has 1 amide bonds. The third-order valence-corrected chi connectivity index (χ3v) is 6.94. The van der Waals surface area contributed by atoms with Crippen LogP contribution in [0.5, 0.6) is 11.5 Å². The Bertz CT molecular complexity index is 1640. The molecule has 0 saturated carbocycles. The van der Waals surface area contributed by atoms with Crippen LogP contribution in [0.2, 0.25) is 0 Å². The van der Waals surface area contributed by atoms with Crippen LogP contribution in [0.1, 0.15) is 34.3 Å². The number of aromatic nitrogens is 3. The van der Waals surface area contributed by atoms with Gasteiger partial charge in [0.15, 0.2) is 11.5 Å². The number of methoxy groups -OCH3 is 2. The zero-order valence-electron chi connectivity index (χ0n) is 21.7. The second-order valence-corrected chi connectivity index (χ2v) is 9.39. The van der Waals surface area contributed by atoms with Crippen molar-refractivity contribution in [1.29, 1.82) is 5.41 Å². The molecule has 1 saturated heterocycles. The Morgan fingerprint density at radius 3 is 2.74 bits per heavy atom. The van der Waals surface area contributed by atoms with Gasteiger partial charge in [0.1, 0.15) is 16.8 Å². The van der Waals surface area contributed by atoms with E-state index < -0.39 is 5.91 Å². The topological polar surface area (TPSA) is 120 Å². The minimum atomic E-state index is -0.424. The molecule has 0 spiro atoms. The highest BCUT2D eigenvalue weighted by Crippen LogP contribution is 2.27. The van der Waals surface area contributed by atoms with E-state index in [-0.39, 0.29) is 28.1 Å². The van der Waals surface area contributed by atoms with Gasteiger partial charge in [0.25, 0.3) is 11.5 Å².